The van der Waals surface area contributed by atoms with Crippen molar-refractivity contribution in [3.8, 4) is 0 Å². The maximum atomic E-state index is 14.1. The van der Waals surface area contributed by atoms with E-state index in [0.717, 1.165) is 6.42 Å². The molecule has 3 amide bonds. The molecule has 0 unspecified atom stereocenters. The number of rotatable bonds is 6. The summed E-state index contributed by atoms with van der Waals surface area (Å²) in [7, 11) is 0. The largest absolute Gasteiger partial charge is 0.443 e. The number of nitrogens with one attached hydrogen (secondary N) is 2. The quantitative estimate of drug-likeness (QED) is 0.821. The molecule has 1 aliphatic heterocycles. The Morgan fingerprint density at radius 3 is 3.08 bits per heavy atom. The average Bonchev–Trinajstić information content (AvgIpc) is 3.02. The van der Waals surface area contributed by atoms with Crippen LogP contribution in [0.5, 0.6) is 0 Å². The molecule has 3 rings (SSSR count). The van der Waals surface area contributed by atoms with Crippen LogP contribution in [0.25, 0.3) is 0 Å². The van der Waals surface area contributed by atoms with Crippen LogP contribution in [0.3, 0.4) is 0 Å². The van der Waals surface area contributed by atoms with Gasteiger partial charge in [-0.2, -0.15) is 0 Å². The highest BCUT2D eigenvalue weighted by atomic mass is 19.1. The number of aryl methyl sites for hydroxylation is 1. The van der Waals surface area contributed by atoms with Gasteiger partial charge in [-0.3, -0.25) is 9.69 Å². The molecular formula is C17H19FN4O4. The summed E-state index contributed by atoms with van der Waals surface area (Å²) in [5.74, 6) is 0.105. The Morgan fingerprint density at radius 1 is 1.50 bits per heavy atom. The van der Waals surface area contributed by atoms with Crippen molar-refractivity contribution in [3.05, 3.63) is 41.9 Å². The predicted molar refractivity (Wildman–Crippen MR) is 91.3 cm³/mol. The van der Waals surface area contributed by atoms with E-state index in [1.807, 2.05) is 0 Å². The minimum absolute atomic E-state index is 0.0733. The molecule has 1 fully saturated rings. The van der Waals surface area contributed by atoms with Crippen LogP contribution in [0.1, 0.15) is 18.1 Å². The highest BCUT2D eigenvalue weighted by Gasteiger charge is 2.22. The molecule has 1 aliphatic rings. The topological polar surface area (TPSA) is 96.7 Å². The lowest BCUT2D eigenvalue weighted by atomic mass is 10.2. The molecule has 1 aromatic carbocycles. The summed E-state index contributed by atoms with van der Waals surface area (Å²) in [6, 6.07) is 3.71. The monoisotopic (exact) mass is 362 g/mol. The zero-order valence-corrected chi connectivity index (χ0v) is 14.3. The maximum Gasteiger partial charge on any atom is 0.321 e. The van der Waals surface area contributed by atoms with Crippen molar-refractivity contribution in [2.75, 3.05) is 29.9 Å². The molecule has 1 aromatic heterocycles. The lowest BCUT2D eigenvalue weighted by Crippen LogP contribution is -2.46. The van der Waals surface area contributed by atoms with Gasteiger partial charge in [-0.1, -0.05) is 0 Å². The SMILES string of the molecule is Cc1cnc(COCC(=O)Nc2ccc(F)c(N3CCCNC3=O)c2)o1. The molecule has 8 nitrogen and oxygen atoms in total. The van der Waals surface area contributed by atoms with Crippen molar-refractivity contribution in [2.45, 2.75) is 20.0 Å². The van der Waals surface area contributed by atoms with Crippen LogP contribution >= 0.6 is 0 Å². The number of anilines is 2. The number of carbonyl (C=O) groups excluding carboxylic acids is 2. The van der Waals surface area contributed by atoms with Gasteiger partial charge >= 0.3 is 6.03 Å². The van der Waals surface area contributed by atoms with Gasteiger partial charge in [0.1, 0.15) is 24.8 Å². The van der Waals surface area contributed by atoms with E-state index in [0.29, 0.717) is 30.4 Å². The van der Waals surface area contributed by atoms with E-state index in [4.69, 9.17) is 9.15 Å². The second-order valence-electron chi connectivity index (χ2n) is 5.81. The lowest BCUT2D eigenvalue weighted by Gasteiger charge is -2.28. The Labute approximate surface area is 149 Å². The summed E-state index contributed by atoms with van der Waals surface area (Å²) in [6.45, 7) is 2.60. The predicted octanol–water partition coefficient (Wildman–Crippen LogP) is 2.20. The minimum atomic E-state index is -0.532. The molecule has 2 heterocycles. The third-order valence-corrected chi connectivity index (χ3v) is 3.73. The van der Waals surface area contributed by atoms with Gasteiger partial charge in [0.2, 0.25) is 11.8 Å². The van der Waals surface area contributed by atoms with Crippen molar-refractivity contribution in [3.63, 3.8) is 0 Å². The Morgan fingerprint density at radius 2 is 2.35 bits per heavy atom. The number of aromatic nitrogens is 1. The maximum absolute atomic E-state index is 14.1. The van der Waals surface area contributed by atoms with E-state index in [9.17, 15) is 14.0 Å². The van der Waals surface area contributed by atoms with Gasteiger partial charge in [0.25, 0.3) is 0 Å². The van der Waals surface area contributed by atoms with Gasteiger partial charge in [-0.25, -0.2) is 14.2 Å². The van der Waals surface area contributed by atoms with Gasteiger partial charge in [0, 0.05) is 18.8 Å². The van der Waals surface area contributed by atoms with Gasteiger partial charge in [0.15, 0.2) is 0 Å². The van der Waals surface area contributed by atoms with Gasteiger partial charge < -0.3 is 19.8 Å². The first-order valence-corrected chi connectivity index (χ1v) is 8.17. The highest BCUT2D eigenvalue weighted by Crippen LogP contribution is 2.25. The molecule has 26 heavy (non-hydrogen) atoms. The van der Waals surface area contributed by atoms with E-state index >= 15 is 0 Å². The Bertz CT molecular complexity index is 808. The van der Waals surface area contributed by atoms with E-state index in [2.05, 4.69) is 15.6 Å². The average molecular weight is 362 g/mol. The third kappa shape index (κ3) is 4.37. The summed E-state index contributed by atoms with van der Waals surface area (Å²) < 4.78 is 24.6. The fourth-order valence-electron chi connectivity index (χ4n) is 2.55. The Balaban J connectivity index is 1.57. The van der Waals surface area contributed by atoms with Crippen LogP contribution in [0.15, 0.2) is 28.8 Å². The summed E-state index contributed by atoms with van der Waals surface area (Å²) >= 11 is 0. The number of hydrogen-bond acceptors (Lipinski definition) is 5. The van der Waals surface area contributed by atoms with Gasteiger partial charge in [0.05, 0.1) is 11.9 Å². The van der Waals surface area contributed by atoms with E-state index < -0.39 is 11.7 Å². The first kappa shape index (κ1) is 17.9. The van der Waals surface area contributed by atoms with Crippen LogP contribution in [0, 0.1) is 12.7 Å². The number of amides is 3. The molecule has 0 bridgehead atoms. The van der Waals surface area contributed by atoms with Crippen LogP contribution in [0.4, 0.5) is 20.6 Å². The van der Waals surface area contributed by atoms with Crippen LogP contribution in [0.2, 0.25) is 0 Å². The van der Waals surface area contributed by atoms with Crippen molar-refractivity contribution in [2.24, 2.45) is 0 Å². The molecule has 0 saturated carbocycles. The number of halogens is 1. The fraction of sp³-hybridized carbons (Fsp3) is 0.353. The van der Waals surface area contributed by atoms with Crippen LogP contribution in [-0.4, -0.2) is 36.6 Å². The molecule has 1 saturated heterocycles. The summed E-state index contributed by atoms with van der Waals surface area (Å²) in [5.41, 5.74) is 0.497. The van der Waals surface area contributed by atoms with E-state index in [1.165, 1.54) is 23.1 Å². The lowest BCUT2D eigenvalue weighted by molar-refractivity contribution is -0.121. The van der Waals surface area contributed by atoms with Crippen LogP contribution < -0.4 is 15.5 Å². The number of hydrogen-bond donors (Lipinski definition) is 2. The number of urea groups is 1. The normalized spacial score (nSPS) is 14.2. The zero-order valence-electron chi connectivity index (χ0n) is 14.3. The van der Waals surface area contributed by atoms with E-state index in [1.54, 1.807) is 13.1 Å². The number of nitrogens with zero attached hydrogens (tertiary/aromatic N) is 2. The Hall–Kier alpha value is -2.94. The minimum Gasteiger partial charge on any atom is -0.443 e. The number of benzene rings is 1. The molecule has 0 atom stereocenters. The highest BCUT2D eigenvalue weighted by molar-refractivity contribution is 5.95. The number of ether oxygens (including phenoxy) is 1. The van der Waals surface area contributed by atoms with Crippen molar-refractivity contribution in [1.29, 1.82) is 0 Å². The summed E-state index contributed by atoms with van der Waals surface area (Å²) in [6.07, 6.45) is 2.28. The smallest absolute Gasteiger partial charge is 0.321 e. The van der Waals surface area contributed by atoms with Crippen molar-refractivity contribution >= 4 is 23.3 Å². The standard InChI is InChI=1S/C17H19FN4O4/c1-11-8-20-16(26-11)10-25-9-15(23)21-12-3-4-13(18)14(7-12)22-6-2-5-19-17(22)24/h3-4,7-8H,2,5-6,9-10H2,1H3,(H,19,24)(H,21,23). The molecule has 2 aromatic rings. The van der Waals surface area contributed by atoms with Crippen LogP contribution in [-0.2, 0) is 16.1 Å². The van der Waals surface area contributed by atoms with Gasteiger partial charge in [-0.05, 0) is 31.5 Å². The molecule has 9 heteroatoms. The second-order valence-corrected chi connectivity index (χ2v) is 5.81. The molecule has 0 spiro atoms. The summed E-state index contributed by atoms with van der Waals surface area (Å²) in [4.78, 5) is 29.1. The van der Waals surface area contributed by atoms with Crippen molar-refractivity contribution < 1.29 is 23.1 Å². The number of carbonyl (C=O) groups is 2. The molecule has 0 aliphatic carbocycles. The van der Waals surface area contributed by atoms with Gasteiger partial charge in [-0.15, -0.1) is 0 Å². The number of oxazole rings is 1. The zero-order chi connectivity index (χ0) is 18.5. The van der Waals surface area contributed by atoms with Crippen molar-refractivity contribution in [1.82, 2.24) is 10.3 Å². The molecular weight excluding hydrogens is 343 g/mol. The molecule has 138 valence electrons. The van der Waals surface area contributed by atoms with E-state index in [-0.39, 0.29) is 24.9 Å². The second kappa shape index (κ2) is 7.96. The Kier molecular flexibility index (Phi) is 5.47. The molecule has 2 N–H and O–H groups in total. The first-order valence-electron chi connectivity index (χ1n) is 8.17. The third-order valence-electron chi connectivity index (χ3n) is 3.73. The first-order chi connectivity index (χ1) is 12.5. The summed E-state index contributed by atoms with van der Waals surface area (Å²) in [5, 5.41) is 5.28. The fourth-order valence-corrected chi connectivity index (χ4v) is 2.55. The molecule has 0 radical (unpaired) electrons.